The summed E-state index contributed by atoms with van der Waals surface area (Å²) in [5, 5.41) is 4.93. The summed E-state index contributed by atoms with van der Waals surface area (Å²) in [4.78, 5) is 39.4. The van der Waals surface area contributed by atoms with Crippen molar-refractivity contribution in [3.05, 3.63) is 112 Å². The molecule has 0 spiro atoms. The van der Waals surface area contributed by atoms with Gasteiger partial charge >= 0.3 is 0 Å². The van der Waals surface area contributed by atoms with Crippen molar-refractivity contribution in [2.24, 2.45) is 0 Å². The van der Waals surface area contributed by atoms with Gasteiger partial charge in [0.05, 0.1) is 4.91 Å². The first-order valence-corrected chi connectivity index (χ1v) is 13.1. The van der Waals surface area contributed by atoms with E-state index >= 15 is 0 Å². The molecule has 0 saturated carbocycles. The number of thioether (sulfide) groups is 1. The van der Waals surface area contributed by atoms with Gasteiger partial charge < -0.3 is 10.1 Å². The number of hydrogen-bond donors (Lipinski definition) is 1. The second-order valence-corrected chi connectivity index (χ2v) is 10.2. The average Bonchev–Trinajstić information content (AvgIpc) is 3.17. The van der Waals surface area contributed by atoms with Gasteiger partial charge in [0.1, 0.15) is 18.9 Å². The van der Waals surface area contributed by atoms with Crippen LogP contribution in [0.2, 0.25) is 5.02 Å². The van der Waals surface area contributed by atoms with E-state index in [1.165, 1.54) is 0 Å². The van der Waals surface area contributed by atoms with E-state index in [1.54, 1.807) is 24.3 Å². The van der Waals surface area contributed by atoms with Crippen molar-refractivity contribution >= 4 is 63.0 Å². The number of nitrogens with zero attached hydrogens (tertiary/aromatic N) is 1. The molecule has 1 aliphatic heterocycles. The van der Waals surface area contributed by atoms with Crippen LogP contribution in [0.25, 0.3) is 16.8 Å². The van der Waals surface area contributed by atoms with Crippen LogP contribution in [0.15, 0.2) is 89.8 Å². The summed E-state index contributed by atoms with van der Waals surface area (Å²) in [5.41, 5.74) is 3.05. The Labute approximate surface area is 229 Å². The molecule has 4 aromatic carbocycles. The summed E-state index contributed by atoms with van der Waals surface area (Å²) in [5.74, 6) is -0.430. The first-order valence-electron chi connectivity index (χ1n) is 11.9. The second kappa shape index (κ2) is 11.1. The van der Waals surface area contributed by atoms with Gasteiger partial charge in [0.2, 0.25) is 5.91 Å². The average molecular weight is 543 g/mol. The van der Waals surface area contributed by atoms with E-state index in [2.05, 4.69) is 23.5 Å². The van der Waals surface area contributed by atoms with Crippen LogP contribution in [0.3, 0.4) is 0 Å². The predicted molar refractivity (Wildman–Crippen MR) is 152 cm³/mol. The molecule has 6 nitrogen and oxygen atoms in total. The first-order chi connectivity index (χ1) is 18.4. The number of amides is 3. The Bertz CT molecular complexity index is 1600. The van der Waals surface area contributed by atoms with E-state index < -0.39 is 23.6 Å². The normalized spacial score (nSPS) is 14.4. The van der Waals surface area contributed by atoms with Crippen LogP contribution >= 0.6 is 23.4 Å². The van der Waals surface area contributed by atoms with Crippen molar-refractivity contribution in [3.8, 4) is 5.75 Å². The van der Waals surface area contributed by atoms with E-state index in [0.717, 1.165) is 38.6 Å². The molecule has 0 aliphatic carbocycles. The lowest BCUT2D eigenvalue weighted by Gasteiger charge is -2.14. The Balaban J connectivity index is 1.30. The molecule has 8 heteroatoms. The number of hydrogen-bond acceptors (Lipinski definition) is 5. The molecule has 4 aromatic rings. The maximum Gasteiger partial charge on any atom is 0.294 e. The Morgan fingerprint density at radius 2 is 1.76 bits per heavy atom. The number of nitrogens with one attached hydrogen (secondary N) is 1. The lowest BCUT2D eigenvalue weighted by molar-refractivity contribution is -0.127. The summed E-state index contributed by atoms with van der Waals surface area (Å²) >= 11 is 6.82. The van der Waals surface area contributed by atoms with Crippen LogP contribution < -0.4 is 10.1 Å². The van der Waals surface area contributed by atoms with Crippen molar-refractivity contribution < 1.29 is 19.1 Å². The number of ether oxygens (including phenoxy) is 1. The third-order valence-electron chi connectivity index (χ3n) is 6.12. The standard InChI is InChI=1S/C30H23ClN2O4S/c1-19-13-14-23(31)16-25(19)32-28(34)17-33-29(35)27(38-30(33)36)15-21-8-3-5-12-26(21)37-18-22-10-6-9-20-7-2-4-11-24(20)22/h2-16H,17-18H2,1H3,(H,32,34)/b27-15-. The molecular weight excluding hydrogens is 520 g/mol. The molecule has 1 N–H and O–H groups in total. The largest absolute Gasteiger partial charge is 0.488 e. The fourth-order valence-electron chi connectivity index (χ4n) is 4.14. The summed E-state index contributed by atoms with van der Waals surface area (Å²) < 4.78 is 6.14. The van der Waals surface area contributed by atoms with Gasteiger partial charge in [-0.25, -0.2) is 0 Å². The van der Waals surface area contributed by atoms with Crippen molar-refractivity contribution in [3.63, 3.8) is 0 Å². The SMILES string of the molecule is Cc1ccc(Cl)cc1NC(=O)CN1C(=O)S/C(=C\c2ccccc2OCc2cccc3ccccc23)C1=O. The molecule has 0 radical (unpaired) electrons. The van der Waals surface area contributed by atoms with Crippen LogP contribution in [0.4, 0.5) is 10.5 Å². The number of carbonyl (C=O) groups excluding carboxylic acids is 3. The topological polar surface area (TPSA) is 75.7 Å². The van der Waals surface area contributed by atoms with Crippen LogP contribution in [0, 0.1) is 6.92 Å². The highest BCUT2D eigenvalue weighted by Crippen LogP contribution is 2.34. The lowest BCUT2D eigenvalue weighted by atomic mass is 10.1. The van der Waals surface area contributed by atoms with Gasteiger partial charge in [-0.3, -0.25) is 19.3 Å². The van der Waals surface area contributed by atoms with Crippen LogP contribution in [-0.4, -0.2) is 28.5 Å². The highest BCUT2D eigenvalue weighted by Gasteiger charge is 2.36. The van der Waals surface area contributed by atoms with Gasteiger partial charge in [0, 0.05) is 16.3 Å². The Hall–Kier alpha value is -4.07. The number of aryl methyl sites for hydroxylation is 1. The molecule has 3 amide bonds. The highest BCUT2D eigenvalue weighted by atomic mass is 35.5. The molecule has 0 atom stereocenters. The van der Waals surface area contributed by atoms with Gasteiger partial charge in [0.15, 0.2) is 0 Å². The molecule has 0 bridgehead atoms. The van der Waals surface area contributed by atoms with Gasteiger partial charge in [-0.05, 0) is 64.9 Å². The molecule has 38 heavy (non-hydrogen) atoms. The quantitative estimate of drug-likeness (QED) is 0.253. The predicted octanol–water partition coefficient (Wildman–Crippen LogP) is 7.06. The third kappa shape index (κ3) is 5.59. The minimum absolute atomic E-state index is 0.225. The Morgan fingerprint density at radius 3 is 2.63 bits per heavy atom. The van der Waals surface area contributed by atoms with Gasteiger partial charge in [0.25, 0.3) is 11.1 Å². The van der Waals surface area contributed by atoms with E-state index in [0.29, 0.717) is 28.6 Å². The molecule has 1 aliphatic rings. The first kappa shape index (κ1) is 25.6. The number of imide groups is 1. The molecule has 1 heterocycles. The summed E-state index contributed by atoms with van der Waals surface area (Å²) in [6.07, 6.45) is 1.63. The van der Waals surface area contributed by atoms with E-state index in [9.17, 15) is 14.4 Å². The maximum atomic E-state index is 13.0. The zero-order chi connectivity index (χ0) is 26.6. The summed E-state index contributed by atoms with van der Waals surface area (Å²) in [6, 6.07) is 26.6. The number of rotatable bonds is 7. The van der Waals surface area contributed by atoms with Crippen molar-refractivity contribution in [1.29, 1.82) is 0 Å². The molecule has 190 valence electrons. The molecule has 1 saturated heterocycles. The number of halogens is 1. The second-order valence-electron chi connectivity index (χ2n) is 8.74. The van der Waals surface area contributed by atoms with Crippen LogP contribution in [0.5, 0.6) is 5.75 Å². The van der Waals surface area contributed by atoms with E-state index in [4.69, 9.17) is 16.3 Å². The summed E-state index contributed by atoms with van der Waals surface area (Å²) in [6.45, 7) is 1.78. The molecule has 1 fully saturated rings. The Morgan fingerprint density at radius 1 is 1.00 bits per heavy atom. The van der Waals surface area contributed by atoms with Crippen molar-refractivity contribution in [2.75, 3.05) is 11.9 Å². The third-order valence-corrected chi connectivity index (χ3v) is 7.26. The Kier molecular flexibility index (Phi) is 7.49. The molecule has 0 aromatic heterocycles. The van der Waals surface area contributed by atoms with Crippen molar-refractivity contribution in [1.82, 2.24) is 4.90 Å². The maximum absolute atomic E-state index is 13.0. The monoisotopic (exact) mass is 542 g/mol. The van der Waals surface area contributed by atoms with Crippen molar-refractivity contribution in [2.45, 2.75) is 13.5 Å². The van der Waals surface area contributed by atoms with Crippen LogP contribution in [0.1, 0.15) is 16.7 Å². The fraction of sp³-hybridized carbons (Fsp3) is 0.100. The number of para-hydroxylation sites is 1. The zero-order valence-corrected chi connectivity index (χ0v) is 22.0. The number of anilines is 1. The number of fused-ring (bicyclic) bond motifs is 1. The van der Waals surface area contributed by atoms with E-state index in [1.807, 2.05) is 55.5 Å². The summed E-state index contributed by atoms with van der Waals surface area (Å²) in [7, 11) is 0. The van der Waals surface area contributed by atoms with E-state index in [-0.39, 0.29) is 4.91 Å². The number of carbonyl (C=O) groups is 3. The van der Waals surface area contributed by atoms with Gasteiger partial charge in [-0.15, -0.1) is 0 Å². The lowest BCUT2D eigenvalue weighted by Crippen LogP contribution is -2.36. The fourth-order valence-corrected chi connectivity index (χ4v) is 5.15. The molecular formula is C30H23ClN2O4S. The van der Waals surface area contributed by atoms with Crippen LogP contribution in [-0.2, 0) is 16.2 Å². The smallest absolute Gasteiger partial charge is 0.294 e. The minimum Gasteiger partial charge on any atom is -0.488 e. The number of benzene rings is 4. The van der Waals surface area contributed by atoms with Gasteiger partial charge in [-0.2, -0.15) is 0 Å². The zero-order valence-electron chi connectivity index (χ0n) is 20.4. The molecule has 0 unspecified atom stereocenters. The minimum atomic E-state index is -0.526. The highest BCUT2D eigenvalue weighted by molar-refractivity contribution is 8.18. The molecule has 5 rings (SSSR count). The van der Waals surface area contributed by atoms with Gasteiger partial charge in [-0.1, -0.05) is 78.3 Å².